The van der Waals surface area contributed by atoms with Gasteiger partial charge in [0.15, 0.2) is 0 Å². The van der Waals surface area contributed by atoms with Gasteiger partial charge in [-0.25, -0.2) is 15.2 Å². The lowest BCUT2D eigenvalue weighted by atomic mass is 10.2. The van der Waals surface area contributed by atoms with Crippen LogP contribution in [0.25, 0.3) is 0 Å². The number of aliphatic carboxylic acids is 1. The van der Waals surface area contributed by atoms with Crippen LogP contribution in [0.2, 0.25) is 0 Å². The molecule has 1 heterocycles. The van der Waals surface area contributed by atoms with Crippen molar-refractivity contribution in [3.63, 3.8) is 0 Å². The summed E-state index contributed by atoms with van der Waals surface area (Å²) >= 11 is 0. The number of ether oxygens (including phenoxy) is 1. The van der Waals surface area contributed by atoms with E-state index in [1.807, 2.05) is 0 Å². The van der Waals surface area contributed by atoms with Crippen LogP contribution >= 0.6 is 0 Å². The number of rotatable bonds is 1. The number of carbonyl (C=O) groups is 2. The fourth-order valence-corrected chi connectivity index (χ4v) is 1.22. The number of hydrogen-bond acceptors (Lipinski definition) is 4. The maximum Gasteiger partial charge on any atom is 0.424 e. The van der Waals surface area contributed by atoms with Gasteiger partial charge in [-0.15, -0.1) is 0 Å². The molecule has 6 nitrogen and oxygen atoms in total. The first-order valence-corrected chi connectivity index (χ1v) is 4.79. The molecule has 0 saturated carbocycles. The average molecular weight is 216 g/mol. The molecule has 0 spiro atoms. The number of nitrogens with zero attached hydrogens (tertiary/aromatic N) is 1. The quantitative estimate of drug-likeness (QED) is 0.670. The molecule has 1 atom stereocenters. The number of carboxylic acid groups (broad SMARTS) is 1. The van der Waals surface area contributed by atoms with E-state index in [1.54, 1.807) is 20.8 Å². The second-order valence-electron chi connectivity index (χ2n) is 4.44. The predicted octanol–water partition coefficient (Wildman–Crippen LogP) is 0.585. The second-order valence-corrected chi connectivity index (χ2v) is 4.44. The van der Waals surface area contributed by atoms with Crippen molar-refractivity contribution >= 4 is 12.1 Å². The Morgan fingerprint density at radius 2 is 2.07 bits per heavy atom. The monoisotopic (exact) mass is 216 g/mol. The van der Waals surface area contributed by atoms with Crippen molar-refractivity contribution in [2.45, 2.75) is 38.8 Å². The van der Waals surface area contributed by atoms with E-state index < -0.39 is 23.7 Å². The van der Waals surface area contributed by atoms with Gasteiger partial charge in [0.25, 0.3) is 0 Å². The zero-order chi connectivity index (χ0) is 11.6. The molecular weight excluding hydrogens is 200 g/mol. The minimum absolute atomic E-state index is 0.353. The summed E-state index contributed by atoms with van der Waals surface area (Å²) in [5.74, 6) is -0.957. The molecular formula is C9H16N2O4. The van der Waals surface area contributed by atoms with E-state index in [0.717, 1.165) is 0 Å². The van der Waals surface area contributed by atoms with Crippen molar-refractivity contribution in [1.29, 1.82) is 0 Å². The van der Waals surface area contributed by atoms with Gasteiger partial charge in [-0.3, -0.25) is 4.79 Å². The largest absolute Gasteiger partial charge is 0.480 e. The average Bonchev–Trinajstić information content (AvgIpc) is 2.47. The Morgan fingerprint density at radius 1 is 1.47 bits per heavy atom. The third-order valence-corrected chi connectivity index (χ3v) is 1.87. The molecule has 0 aliphatic carbocycles. The van der Waals surface area contributed by atoms with Crippen LogP contribution in [0, 0.1) is 0 Å². The van der Waals surface area contributed by atoms with Crippen LogP contribution in [0.1, 0.15) is 27.2 Å². The molecule has 1 aliphatic heterocycles. The van der Waals surface area contributed by atoms with Crippen LogP contribution in [0.4, 0.5) is 4.79 Å². The summed E-state index contributed by atoms with van der Waals surface area (Å²) in [4.78, 5) is 22.1. The first kappa shape index (κ1) is 11.8. The fraction of sp³-hybridized carbons (Fsp3) is 0.778. The van der Waals surface area contributed by atoms with E-state index in [4.69, 9.17) is 9.84 Å². The minimum Gasteiger partial charge on any atom is -0.480 e. The highest BCUT2D eigenvalue weighted by Crippen LogP contribution is 2.12. The van der Waals surface area contributed by atoms with Crippen molar-refractivity contribution in [2.24, 2.45) is 0 Å². The van der Waals surface area contributed by atoms with E-state index >= 15 is 0 Å². The van der Waals surface area contributed by atoms with Gasteiger partial charge >= 0.3 is 12.1 Å². The summed E-state index contributed by atoms with van der Waals surface area (Å²) in [6.07, 6.45) is -0.138. The van der Waals surface area contributed by atoms with Gasteiger partial charge in [-0.05, 0) is 27.2 Å². The zero-order valence-electron chi connectivity index (χ0n) is 9.11. The lowest BCUT2D eigenvalue weighted by Gasteiger charge is -2.24. The lowest BCUT2D eigenvalue weighted by Crippen LogP contribution is -2.45. The van der Waals surface area contributed by atoms with E-state index in [2.05, 4.69) is 5.43 Å². The van der Waals surface area contributed by atoms with E-state index in [9.17, 15) is 9.59 Å². The first-order chi connectivity index (χ1) is 6.79. The number of carboxylic acids is 1. The molecule has 0 bridgehead atoms. The van der Waals surface area contributed by atoms with Crippen LogP contribution in [0.5, 0.6) is 0 Å². The van der Waals surface area contributed by atoms with Crippen molar-refractivity contribution in [3.05, 3.63) is 0 Å². The zero-order valence-corrected chi connectivity index (χ0v) is 9.11. The maximum absolute atomic E-state index is 11.5. The summed E-state index contributed by atoms with van der Waals surface area (Å²) < 4.78 is 5.08. The minimum atomic E-state index is -0.957. The molecule has 1 fully saturated rings. The standard InChI is InChI=1S/C9H16N2O4/c1-9(2,3)15-8(14)11-5-4-6(10-11)7(12)13/h6,10H,4-5H2,1-3H3,(H,12,13). The van der Waals surface area contributed by atoms with Crippen molar-refractivity contribution in [2.75, 3.05) is 6.54 Å². The van der Waals surface area contributed by atoms with Crippen LogP contribution < -0.4 is 5.43 Å². The Balaban J connectivity index is 2.47. The molecule has 0 aromatic rings. The van der Waals surface area contributed by atoms with Gasteiger partial charge in [0.1, 0.15) is 11.6 Å². The summed E-state index contributed by atoms with van der Waals surface area (Å²) in [6.45, 7) is 5.63. The highest BCUT2D eigenvalue weighted by Gasteiger charge is 2.32. The summed E-state index contributed by atoms with van der Waals surface area (Å²) in [5.41, 5.74) is 2.00. The molecule has 15 heavy (non-hydrogen) atoms. The highest BCUT2D eigenvalue weighted by molar-refractivity contribution is 5.75. The third-order valence-electron chi connectivity index (χ3n) is 1.87. The van der Waals surface area contributed by atoms with Crippen LogP contribution in [0.3, 0.4) is 0 Å². The molecule has 86 valence electrons. The van der Waals surface area contributed by atoms with E-state index in [1.165, 1.54) is 5.01 Å². The van der Waals surface area contributed by atoms with E-state index in [0.29, 0.717) is 13.0 Å². The Hall–Kier alpha value is -1.30. The summed E-state index contributed by atoms with van der Waals surface area (Å²) in [6, 6.07) is -0.697. The number of hydrazine groups is 1. The smallest absolute Gasteiger partial charge is 0.424 e. The first-order valence-electron chi connectivity index (χ1n) is 4.79. The molecule has 1 amide bonds. The second kappa shape index (κ2) is 4.06. The third kappa shape index (κ3) is 3.39. The maximum atomic E-state index is 11.5. The van der Waals surface area contributed by atoms with Gasteiger partial charge < -0.3 is 9.84 Å². The molecule has 1 unspecified atom stereocenters. The number of carbonyl (C=O) groups excluding carboxylic acids is 1. The molecule has 1 aliphatic rings. The van der Waals surface area contributed by atoms with Gasteiger partial charge in [-0.1, -0.05) is 0 Å². The molecule has 6 heteroatoms. The Bertz CT molecular complexity index is 272. The normalized spacial score (nSPS) is 21.5. The number of amides is 1. The lowest BCUT2D eigenvalue weighted by molar-refractivity contribution is -0.139. The topological polar surface area (TPSA) is 78.9 Å². The summed E-state index contributed by atoms with van der Waals surface area (Å²) in [5, 5.41) is 9.90. The Labute approximate surface area is 88.2 Å². The molecule has 1 rings (SSSR count). The molecule has 0 radical (unpaired) electrons. The molecule has 1 saturated heterocycles. The van der Waals surface area contributed by atoms with Crippen LogP contribution in [0.15, 0.2) is 0 Å². The van der Waals surface area contributed by atoms with Crippen molar-refractivity contribution in [1.82, 2.24) is 10.4 Å². The molecule has 2 N–H and O–H groups in total. The van der Waals surface area contributed by atoms with Crippen molar-refractivity contribution in [3.8, 4) is 0 Å². The highest BCUT2D eigenvalue weighted by atomic mass is 16.6. The molecule has 0 aromatic heterocycles. The van der Waals surface area contributed by atoms with Crippen LogP contribution in [-0.2, 0) is 9.53 Å². The Kier molecular flexibility index (Phi) is 3.18. The van der Waals surface area contributed by atoms with Gasteiger partial charge in [0.05, 0.1) is 0 Å². The van der Waals surface area contributed by atoms with Gasteiger partial charge in [0, 0.05) is 6.54 Å². The number of nitrogens with one attached hydrogen (secondary N) is 1. The van der Waals surface area contributed by atoms with Gasteiger partial charge in [0.2, 0.25) is 0 Å². The Morgan fingerprint density at radius 3 is 2.47 bits per heavy atom. The predicted molar refractivity (Wildman–Crippen MR) is 52.1 cm³/mol. The van der Waals surface area contributed by atoms with Crippen LogP contribution in [-0.4, -0.2) is 40.4 Å². The SMILES string of the molecule is CC(C)(C)OC(=O)N1CCC(C(=O)O)N1. The van der Waals surface area contributed by atoms with Gasteiger partial charge in [-0.2, -0.15) is 0 Å². The van der Waals surface area contributed by atoms with E-state index in [-0.39, 0.29) is 0 Å². The fourth-order valence-electron chi connectivity index (χ4n) is 1.22. The number of hydrogen-bond donors (Lipinski definition) is 2. The summed E-state index contributed by atoms with van der Waals surface area (Å²) in [7, 11) is 0. The molecule has 0 aromatic carbocycles. The van der Waals surface area contributed by atoms with Crippen molar-refractivity contribution < 1.29 is 19.4 Å².